The Morgan fingerprint density at radius 1 is 0.935 bits per heavy atom. The SMILES string of the molecule is NC(=O)c1cc(-c2cccnc2[C@H](Cc2cc(F)cc(F)c2)NC(=O)Cn2nc(C(F)F)c3c2C(F)(F)CCC3(F)F)ccc1F. The van der Waals surface area contributed by atoms with Crippen molar-refractivity contribution in [3.63, 3.8) is 0 Å². The average molecular weight is 656 g/mol. The first-order chi connectivity index (χ1) is 21.6. The van der Waals surface area contributed by atoms with Crippen LogP contribution in [0.3, 0.4) is 0 Å². The van der Waals surface area contributed by atoms with Crippen LogP contribution in [0.5, 0.6) is 0 Å². The lowest BCUT2D eigenvalue weighted by Crippen LogP contribution is -2.37. The molecule has 0 unspecified atom stereocenters. The predicted molar refractivity (Wildman–Crippen MR) is 143 cm³/mol. The molecule has 0 saturated heterocycles. The summed E-state index contributed by atoms with van der Waals surface area (Å²) in [6.45, 7) is -1.22. The Morgan fingerprint density at radius 2 is 1.61 bits per heavy atom. The molecule has 2 aromatic carbocycles. The van der Waals surface area contributed by atoms with Crippen LogP contribution in [0, 0.1) is 17.5 Å². The van der Waals surface area contributed by atoms with Gasteiger partial charge in [0, 0.05) is 30.7 Å². The van der Waals surface area contributed by atoms with Gasteiger partial charge in [0.15, 0.2) is 0 Å². The van der Waals surface area contributed by atoms with Gasteiger partial charge in [0.05, 0.1) is 22.9 Å². The Bertz CT molecular complexity index is 1810. The number of nitrogens with one attached hydrogen (secondary N) is 1. The number of nitrogens with two attached hydrogens (primary N) is 1. The summed E-state index contributed by atoms with van der Waals surface area (Å²) in [5.74, 6) is -13.3. The van der Waals surface area contributed by atoms with Gasteiger partial charge in [-0.1, -0.05) is 12.1 Å². The molecule has 2 heterocycles. The van der Waals surface area contributed by atoms with Gasteiger partial charge >= 0.3 is 0 Å². The second-order valence-corrected chi connectivity index (χ2v) is 10.6. The maximum Gasteiger partial charge on any atom is 0.290 e. The van der Waals surface area contributed by atoms with E-state index in [1.165, 1.54) is 24.4 Å². The molecule has 2 amide bonds. The summed E-state index contributed by atoms with van der Waals surface area (Å²) in [6.07, 6.45) is -5.59. The standard InChI is InChI=1S/C30H22F9N5O2/c31-16-8-14(9-17(32)12-16)10-21(24-18(2-1-7-41-24)15-3-4-20(33)19(11-15)28(40)46)42-22(45)13-44-26-23(25(43-44)27(34)35)29(36,37)5-6-30(26,38)39/h1-4,7-9,11-12,21,27H,5-6,10,13H2,(H2,40,46)(H,42,45)/t21-/m0/s1. The third-order valence-corrected chi connectivity index (χ3v) is 7.35. The monoisotopic (exact) mass is 655 g/mol. The Balaban J connectivity index is 1.57. The summed E-state index contributed by atoms with van der Waals surface area (Å²) in [5, 5.41) is 5.69. The van der Waals surface area contributed by atoms with E-state index < -0.39 is 95.5 Å². The smallest absolute Gasteiger partial charge is 0.290 e. The van der Waals surface area contributed by atoms with Gasteiger partial charge in [0.25, 0.3) is 24.2 Å². The number of nitrogens with zero attached hydrogens (tertiary/aromatic N) is 3. The van der Waals surface area contributed by atoms with E-state index in [1.807, 2.05) is 0 Å². The number of benzene rings is 2. The summed E-state index contributed by atoms with van der Waals surface area (Å²) in [7, 11) is 0. The zero-order valence-corrected chi connectivity index (χ0v) is 23.3. The van der Waals surface area contributed by atoms with Crippen molar-refractivity contribution in [1.82, 2.24) is 20.1 Å². The van der Waals surface area contributed by atoms with Crippen molar-refractivity contribution >= 4 is 11.8 Å². The van der Waals surface area contributed by atoms with Crippen molar-refractivity contribution in [2.24, 2.45) is 5.73 Å². The van der Waals surface area contributed by atoms with E-state index in [0.717, 1.165) is 24.3 Å². The van der Waals surface area contributed by atoms with Crippen LogP contribution in [0.2, 0.25) is 0 Å². The van der Waals surface area contributed by atoms with Gasteiger partial charge in [-0.05, 0) is 47.9 Å². The van der Waals surface area contributed by atoms with Gasteiger partial charge in [-0.25, -0.2) is 30.7 Å². The minimum atomic E-state index is -4.07. The number of hydrogen-bond acceptors (Lipinski definition) is 4. The summed E-state index contributed by atoms with van der Waals surface area (Å²) < 4.78 is 129. The fourth-order valence-electron chi connectivity index (χ4n) is 5.41. The van der Waals surface area contributed by atoms with E-state index in [1.54, 1.807) is 0 Å². The molecule has 16 heteroatoms. The molecule has 1 aliphatic rings. The fraction of sp³-hybridized carbons (Fsp3) is 0.267. The lowest BCUT2D eigenvalue weighted by molar-refractivity contribution is -0.123. The van der Waals surface area contributed by atoms with Crippen molar-refractivity contribution in [3.8, 4) is 11.1 Å². The molecule has 1 aliphatic carbocycles. The van der Waals surface area contributed by atoms with Crippen molar-refractivity contribution in [1.29, 1.82) is 0 Å². The molecule has 7 nitrogen and oxygen atoms in total. The van der Waals surface area contributed by atoms with Gasteiger partial charge < -0.3 is 11.1 Å². The molecule has 5 rings (SSSR count). The number of fused-ring (bicyclic) bond motifs is 1. The third kappa shape index (κ3) is 6.41. The lowest BCUT2D eigenvalue weighted by atomic mass is 9.89. The van der Waals surface area contributed by atoms with Gasteiger partial charge in [-0.3, -0.25) is 19.3 Å². The first kappa shape index (κ1) is 32.5. The number of halogens is 9. The largest absolute Gasteiger partial charge is 0.366 e. The number of amides is 2. The predicted octanol–water partition coefficient (Wildman–Crippen LogP) is 6.48. The summed E-state index contributed by atoms with van der Waals surface area (Å²) in [6, 6.07) is 7.32. The second-order valence-electron chi connectivity index (χ2n) is 10.6. The maximum absolute atomic E-state index is 14.9. The molecule has 0 aliphatic heterocycles. The van der Waals surface area contributed by atoms with Crippen LogP contribution in [-0.4, -0.2) is 26.6 Å². The Kier molecular flexibility index (Phi) is 8.57. The zero-order valence-electron chi connectivity index (χ0n) is 23.3. The van der Waals surface area contributed by atoms with Crippen LogP contribution in [-0.2, 0) is 29.6 Å². The number of carbonyl (C=O) groups excluding carboxylic acids is 2. The molecular formula is C30H22F9N5O2. The molecular weight excluding hydrogens is 633 g/mol. The van der Waals surface area contributed by atoms with E-state index in [9.17, 15) is 49.1 Å². The Hall–Kier alpha value is -4.89. The number of pyridine rings is 1. The van der Waals surface area contributed by atoms with Crippen LogP contribution in [0.4, 0.5) is 39.5 Å². The normalized spacial score (nSPS) is 15.8. The highest BCUT2D eigenvalue weighted by atomic mass is 19.3. The minimum Gasteiger partial charge on any atom is -0.366 e. The van der Waals surface area contributed by atoms with Crippen LogP contribution < -0.4 is 11.1 Å². The highest BCUT2D eigenvalue weighted by Gasteiger charge is 2.55. The van der Waals surface area contributed by atoms with Crippen LogP contribution in [0.1, 0.15) is 63.9 Å². The first-order valence-corrected chi connectivity index (χ1v) is 13.5. The van der Waals surface area contributed by atoms with E-state index >= 15 is 0 Å². The molecule has 0 bridgehead atoms. The number of carbonyl (C=O) groups is 2. The fourth-order valence-corrected chi connectivity index (χ4v) is 5.41. The molecule has 0 fully saturated rings. The Morgan fingerprint density at radius 3 is 2.26 bits per heavy atom. The molecule has 4 aromatic rings. The van der Waals surface area contributed by atoms with E-state index in [-0.39, 0.29) is 33.5 Å². The van der Waals surface area contributed by atoms with Gasteiger partial charge in [-0.15, -0.1) is 0 Å². The minimum absolute atomic E-state index is 0.0148. The van der Waals surface area contributed by atoms with E-state index in [4.69, 9.17) is 5.73 Å². The summed E-state index contributed by atoms with van der Waals surface area (Å²) in [5.41, 5.74) is 0.319. The van der Waals surface area contributed by atoms with Crippen molar-refractivity contribution < 1.29 is 49.1 Å². The third-order valence-electron chi connectivity index (χ3n) is 7.35. The topological polar surface area (TPSA) is 103 Å². The van der Waals surface area contributed by atoms with Crippen LogP contribution >= 0.6 is 0 Å². The molecule has 46 heavy (non-hydrogen) atoms. The van der Waals surface area contributed by atoms with Crippen LogP contribution in [0.25, 0.3) is 11.1 Å². The van der Waals surface area contributed by atoms with Gasteiger partial charge in [-0.2, -0.15) is 13.9 Å². The molecule has 1 atom stereocenters. The van der Waals surface area contributed by atoms with Crippen LogP contribution in [0.15, 0.2) is 54.7 Å². The van der Waals surface area contributed by atoms with Crippen molar-refractivity contribution in [3.05, 3.63) is 106 Å². The number of hydrogen-bond donors (Lipinski definition) is 2. The molecule has 0 saturated carbocycles. The van der Waals surface area contributed by atoms with Crippen molar-refractivity contribution in [2.75, 3.05) is 0 Å². The highest BCUT2D eigenvalue weighted by molar-refractivity contribution is 5.94. The summed E-state index contributed by atoms with van der Waals surface area (Å²) in [4.78, 5) is 29.3. The maximum atomic E-state index is 14.9. The number of primary amides is 1. The summed E-state index contributed by atoms with van der Waals surface area (Å²) >= 11 is 0. The molecule has 0 spiro atoms. The highest BCUT2D eigenvalue weighted by Crippen LogP contribution is 2.52. The van der Waals surface area contributed by atoms with E-state index in [0.29, 0.717) is 6.07 Å². The van der Waals surface area contributed by atoms with Gasteiger partial charge in [0.2, 0.25) is 5.91 Å². The Labute approximate surface area is 254 Å². The molecule has 2 aromatic heterocycles. The van der Waals surface area contributed by atoms with E-state index in [2.05, 4.69) is 15.4 Å². The molecule has 242 valence electrons. The first-order valence-electron chi connectivity index (χ1n) is 13.5. The quantitative estimate of drug-likeness (QED) is 0.202. The average Bonchev–Trinajstić information content (AvgIpc) is 3.37. The number of rotatable bonds is 9. The molecule has 3 N–H and O–H groups in total. The second kappa shape index (κ2) is 12.1. The number of aromatic nitrogens is 3. The number of alkyl halides is 6. The van der Waals surface area contributed by atoms with Gasteiger partial charge in [0.1, 0.15) is 35.4 Å². The van der Waals surface area contributed by atoms with Crippen molar-refractivity contribution in [2.45, 2.75) is 50.1 Å². The zero-order chi connectivity index (χ0) is 33.6. The molecule has 0 radical (unpaired) electrons. The lowest BCUT2D eigenvalue weighted by Gasteiger charge is -2.29.